The molecule has 1 fully saturated rings. The van der Waals surface area contributed by atoms with Gasteiger partial charge in [-0.05, 0) is 26.7 Å². The first kappa shape index (κ1) is 8.02. The molecule has 0 saturated carbocycles. The van der Waals surface area contributed by atoms with E-state index in [1.54, 1.807) is 0 Å². The molecule has 0 aromatic heterocycles. The van der Waals surface area contributed by atoms with Crippen molar-refractivity contribution in [3.05, 3.63) is 0 Å². The van der Waals surface area contributed by atoms with Crippen LogP contribution in [0.5, 0.6) is 0 Å². The Morgan fingerprint density at radius 2 is 2.00 bits per heavy atom. The second-order valence-corrected chi connectivity index (χ2v) is 4.16. The lowest BCUT2D eigenvalue weighted by Crippen LogP contribution is -2.50. The third-order valence-corrected chi connectivity index (χ3v) is 1.79. The summed E-state index contributed by atoms with van der Waals surface area (Å²) in [6.07, 6.45) is 0. The highest BCUT2D eigenvalue weighted by atomic mass is 15.0. The smallest absolute Gasteiger partial charge is 0.00966 e. The van der Waals surface area contributed by atoms with E-state index in [1.165, 1.54) is 13.1 Å². The monoisotopic (exact) mass is 142 g/mol. The SMILES string of the molecule is CC(C)(C)NCC1CNC1. The van der Waals surface area contributed by atoms with Crippen LogP contribution in [0.15, 0.2) is 0 Å². The molecular weight excluding hydrogens is 124 g/mol. The summed E-state index contributed by atoms with van der Waals surface area (Å²) in [5.74, 6) is 0.874. The Bertz CT molecular complexity index is 100. The quantitative estimate of drug-likeness (QED) is 0.590. The first-order chi connectivity index (χ1) is 4.58. The Labute approximate surface area is 63.4 Å². The van der Waals surface area contributed by atoms with Crippen LogP contribution in [0.4, 0.5) is 0 Å². The van der Waals surface area contributed by atoms with Gasteiger partial charge in [0.05, 0.1) is 0 Å². The molecule has 2 nitrogen and oxygen atoms in total. The molecule has 0 spiro atoms. The third kappa shape index (κ3) is 2.67. The molecule has 0 radical (unpaired) electrons. The van der Waals surface area contributed by atoms with E-state index in [2.05, 4.69) is 31.4 Å². The van der Waals surface area contributed by atoms with Crippen molar-refractivity contribution in [2.24, 2.45) is 5.92 Å². The van der Waals surface area contributed by atoms with Crippen LogP contribution in [0.3, 0.4) is 0 Å². The molecule has 1 aliphatic rings. The minimum Gasteiger partial charge on any atom is -0.316 e. The van der Waals surface area contributed by atoms with E-state index in [4.69, 9.17) is 0 Å². The lowest BCUT2D eigenvalue weighted by molar-refractivity contribution is 0.294. The van der Waals surface area contributed by atoms with Gasteiger partial charge in [-0.1, -0.05) is 0 Å². The molecular formula is C8H18N2. The molecule has 0 aromatic carbocycles. The summed E-state index contributed by atoms with van der Waals surface area (Å²) in [5.41, 5.74) is 0.287. The van der Waals surface area contributed by atoms with Crippen molar-refractivity contribution in [3.8, 4) is 0 Å². The predicted octanol–water partition coefficient (Wildman–Crippen LogP) is 0.594. The Hall–Kier alpha value is -0.0800. The van der Waals surface area contributed by atoms with E-state index in [0.29, 0.717) is 0 Å². The fourth-order valence-corrected chi connectivity index (χ4v) is 0.943. The maximum Gasteiger partial charge on any atom is 0.00966 e. The van der Waals surface area contributed by atoms with Crippen LogP contribution in [0.1, 0.15) is 20.8 Å². The molecule has 0 atom stereocenters. The van der Waals surface area contributed by atoms with Crippen LogP contribution < -0.4 is 10.6 Å². The third-order valence-electron chi connectivity index (χ3n) is 1.79. The minimum absolute atomic E-state index is 0.287. The molecule has 0 unspecified atom stereocenters. The molecule has 0 aliphatic carbocycles. The van der Waals surface area contributed by atoms with Gasteiger partial charge in [0.1, 0.15) is 0 Å². The molecule has 0 amide bonds. The summed E-state index contributed by atoms with van der Waals surface area (Å²) >= 11 is 0. The van der Waals surface area contributed by atoms with Crippen LogP contribution in [0.25, 0.3) is 0 Å². The molecule has 0 aromatic rings. The van der Waals surface area contributed by atoms with Gasteiger partial charge in [0, 0.05) is 25.2 Å². The van der Waals surface area contributed by atoms with Gasteiger partial charge in [-0.3, -0.25) is 0 Å². The van der Waals surface area contributed by atoms with Crippen molar-refractivity contribution in [2.75, 3.05) is 19.6 Å². The number of nitrogens with one attached hydrogen (secondary N) is 2. The van der Waals surface area contributed by atoms with Crippen molar-refractivity contribution in [1.82, 2.24) is 10.6 Å². The first-order valence-corrected chi connectivity index (χ1v) is 4.04. The van der Waals surface area contributed by atoms with Crippen LogP contribution in [-0.2, 0) is 0 Å². The lowest BCUT2D eigenvalue weighted by atomic mass is 10.0. The Balaban J connectivity index is 2.04. The van der Waals surface area contributed by atoms with E-state index in [1.807, 2.05) is 0 Å². The molecule has 1 heterocycles. The van der Waals surface area contributed by atoms with E-state index >= 15 is 0 Å². The molecule has 10 heavy (non-hydrogen) atoms. The summed E-state index contributed by atoms with van der Waals surface area (Å²) in [6.45, 7) is 10.2. The average Bonchev–Trinajstić information content (AvgIpc) is 1.56. The first-order valence-electron chi connectivity index (χ1n) is 4.04. The van der Waals surface area contributed by atoms with E-state index < -0.39 is 0 Å². The summed E-state index contributed by atoms with van der Waals surface area (Å²) in [5, 5.41) is 6.74. The average molecular weight is 142 g/mol. The lowest BCUT2D eigenvalue weighted by Gasteiger charge is -2.31. The normalized spacial score (nSPS) is 20.7. The van der Waals surface area contributed by atoms with Crippen molar-refractivity contribution >= 4 is 0 Å². The summed E-state index contributed by atoms with van der Waals surface area (Å²) in [6, 6.07) is 0. The van der Waals surface area contributed by atoms with Crippen molar-refractivity contribution in [1.29, 1.82) is 0 Å². The number of hydrogen-bond acceptors (Lipinski definition) is 2. The summed E-state index contributed by atoms with van der Waals surface area (Å²) in [7, 11) is 0. The van der Waals surface area contributed by atoms with Gasteiger partial charge in [-0.15, -0.1) is 0 Å². The Kier molecular flexibility index (Phi) is 2.32. The van der Waals surface area contributed by atoms with E-state index in [-0.39, 0.29) is 5.54 Å². The van der Waals surface area contributed by atoms with Gasteiger partial charge < -0.3 is 10.6 Å². The summed E-state index contributed by atoms with van der Waals surface area (Å²) < 4.78 is 0. The molecule has 60 valence electrons. The van der Waals surface area contributed by atoms with Gasteiger partial charge in [0.15, 0.2) is 0 Å². The predicted molar refractivity (Wildman–Crippen MR) is 44.1 cm³/mol. The van der Waals surface area contributed by atoms with Gasteiger partial charge in [0.25, 0.3) is 0 Å². The maximum absolute atomic E-state index is 3.48. The molecule has 0 bridgehead atoms. The fraction of sp³-hybridized carbons (Fsp3) is 1.00. The zero-order valence-corrected chi connectivity index (χ0v) is 7.20. The largest absolute Gasteiger partial charge is 0.316 e. The molecule has 1 saturated heterocycles. The number of rotatable bonds is 2. The zero-order valence-electron chi connectivity index (χ0n) is 7.20. The van der Waals surface area contributed by atoms with Gasteiger partial charge >= 0.3 is 0 Å². The maximum atomic E-state index is 3.48. The second-order valence-electron chi connectivity index (χ2n) is 4.16. The van der Waals surface area contributed by atoms with E-state index in [9.17, 15) is 0 Å². The zero-order chi connectivity index (χ0) is 7.61. The highest BCUT2D eigenvalue weighted by molar-refractivity contribution is 4.80. The van der Waals surface area contributed by atoms with E-state index in [0.717, 1.165) is 12.5 Å². The fourth-order valence-electron chi connectivity index (χ4n) is 0.943. The molecule has 2 heteroatoms. The Morgan fingerprint density at radius 3 is 2.30 bits per heavy atom. The molecule has 2 N–H and O–H groups in total. The van der Waals surface area contributed by atoms with Gasteiger partial charge in [-0.25, -0.2) is 0 Å². The van der Waals surface area contributed by atoms with Crippen LogP contribution in [-0.4, -0.2) is 25.2 Å². The van der Waals surface area contributed by atoms with Crippen LogP contribution >= 0.6 is 0 Å². The van der Waals surface area contributed by atoms with Crippen molar-refractivity contribution in [2.45, 2.75) is 26.3 Å². The Morgan fingerprint density at radius 1 is 1.40 bits per heavy atom. The standard InChI is InChI=1S/C8H18N2/c1-8(2,3)10-6-7-4-9-5-7/h7,9-10H,4-6H2,1-3H3. The van der Waals surface area contributed by atoms with Gasteiger partial charge in [-0.2, -0.15) is 0 Å². The van der Waals surface area contributed by atoms with Crippen LogP contribution in [0.2, 0.25) is 0 Å². The summed E-state index contributed by atoms with van der Waals surface area (Å²) in [4.78, 5) is 0. The molecule has 1 aliphatic heterocycles. The molecule has 1 rings (SSSR count). The number of hydrogen-bond donors (Lipinski definition) is 2. The minimum atomic E-state index is 0.287. The van der Waals surface area contributed by atoms with Crippen LogP contribution in [0, 0.1) is 5.92 Å². The van der Waals surface area contributed by atoms with Crippen molar-refractivity contribution < 1.29 is 0 Å². The van der Waals surface area contributed by atoms with Crippen molar-refractivity contribution in [3.63, 3.8) is 0 Å². The topological polar surface area (TPSA) is 24.1 Å². The highest BCUT2D eigenvalue weighted by Gasteiger charge is 2.18. The second kappa shape index (κ2) is 2.89. The van der Waals surface area contributed by atoms with Gasteiger partial charge in [0.2, 0.25) is 0 Å². The highest BCUT2D eigenvalue weighted by Crippen LogP contribution is 2.04.